The maximum absolute atomic E-state index is 13.8. The van der Waals surface area contributed by atoms with E-state index in [1.807, 2.05) is 0 Å². The molecular formula is C11H5F11N2O2. The van der Waals surface area contributed by atoms with Crippen molar-refractivity contribution in [2.45, 2.75) is 30.2 Å². The van der Waals surface area contributed by atoms with Crippen LogP contribution < -0.4 is 5.32 Å². The van der Waals surface area contributed by atoms with Crippen LogP contribution in [0.25, 0.3) is 0 Å². The molecule has 0 saturated heterocycles. The van der Waals surface area contributed by atoms with Gasteiger partial charge in [-0.3, -0.25) is 14.5 Å². The molecule has 1 heterocycles. The number of hydrogen-bond donors (Lipinski definition) is 1. The molecule has 4 nitrogen and oxygen atoms in total. The second-order valence-corrected chi connectivity index (χ2v) is 4.48. The van der Waals surface area contributed by atoms with Gasteiger partial charge in [-0.05, 0) is 12.1 Å². The van der Waals surface area contributed by atoms with E-state index in [-0.39, 0.29) is 0 Å². The standard InChI is InChI=1S/C11H5F11N2O2/c12-7(9(15,16)17,6(25)24-5-2-1-3-23-4-5)26-11(21,22)8(13,14)10(18,19)20/h1-4H,(H,24,25)/t7-/m1/s1. The summed E-state index contributed by atoms with van der Waals surface area (Å²) in [5, 5.41) is 1.02. The minimum atomic E-state index is -7.24. The van der Waals surface area contributed by atoms with Crippen molar-refractivity contribution in [1.82, 2.24) is 4.98 Å². The van der Waals surface area contributed by atoms with Crippen LogP contribution in [0.4, 0.5) is 54.0 Å². The number of alkyl halides is 11. The van der Waals surface area contributed by atoms with E-state index in [1.54, 1.807) is 0 Å². The first kappa shape index (κ1) is 21.9. The zero-order valence-corrected chi connectivity index (χ0v) is 11.7. The maximum atomic E-state index is 13.8. The van der Waals surface area contributed by atoms with Crippen LogP contribution in [0.3, 0.4) is 0 Å². The van der Waals surface area contributed by atoms with E-state index < -0.39 is 41.8 Å². The summed E-state index contributed by atoms with van der Waals surface area (Å²) < 4.78 is 141. The lowest BCUT2D eigenvalue weighted by Gasteiger charge is -2.34. The third-order valence-electron chi connectivity index (χ3n) is 2.57. The average Bonchev–Trinajstić information content (AvgIpc) is 2.45. The number of anilines is 1. The molecule has 0 aliphatic heterocycles. The van der Waals surface area contributed by atoms with Crippen LogP contribution in [0.15, 0.2) is 24.5 Å². The molecular weight excluding hydrogens is 401 g/mol. The smallest absolute Gasteiger partial charge is 0.319 e. The van der Waals surface area contributed by atoms with Crippen LogP contribution in [0.5, 0.6) is 0 Å². The van der Waals surface area contributed by atoms with E-state index in [0.717, 1.165) is 23.6 Å². The summed E-state index contributed by atoms with van der Waals surface area (Å²) in [7, 11) is 0. The summed E-state index contributed by atoms with van der Waals surface area (Å²) in [5.74, 6) is -16.6. The first-order valence-electron chi connectivity index (χ1n) is 5.95. The van der Waals surface area contributed by atoms with Crippen molar-refractivity contribution in [3.8, 4) is 0 Å². The van der Waals surface area contributed by atoms with Crippen LogP contribution in [0.1, 0.15) is 0 Å². The fourth-order valence-electron chi connectivity index (χ4n) is 1.29. The Bertz CT molecular complexity index is 644. The Morgan fingerprint density at radius 3 is 1.85 bits per heavy atom. The zero-order chi connectivity index (χ0) is 20.6. The summed E-state index contributed by atoms with van der Waals surface area (Å²) in [6.07, 6.45) is -19.3. The fourth-order valence-corrected chi connectivity index (χ4v) is 1.29. The molecule has 0 fully saturated rings. The van der Waals surface area contributed by atoms with Crippen LogP contribution in [0.2, 0.25) is 0 Å². The van der Waals surface area contributed by atoms with Crippen molar-refractivity contribution in [3.63, 3.8) is 0 Å². The van der Waals surface area contributed by atoms with E-state index in [9.17, 15) is 53.1 Å². The Balaban J connectivity index is 3.27. The summed E-state index contributed by atoms with van der Waals surface area (Å²) in [4.78, 5) is 14.6. The number of rotatable bonds is 5. The summed E-state index contributed by atoms with van der Waals surface area (Å²) >= 11 is 0. The molecule has 1 atom stereocenters. The Morgan fingerprint density at radius 1 is 0.923 bits per heavy atom. The van der Waals surface area contributed by atoms with E-state index >= 15 is 0 Å². The van der Waals surface area contributed by atoms with Crippen molar-refractivity contribution in [1.29, 1.82) is 0 Å². The van der Waals surface area contributed by atoms with Gasteiger partial charge in [0.15, 0.2) is 0 Å². The second-order valence-electron chi connectivity index (χ2n) is 4.48. The highest BCUT2D eigenvalue weighted by atomic mass is 19.4. The molecule has 148 valence electrons. The lowest BCUT2D eigenvalue weighted by Crippen LogP contribution is -2.62. The Kier molecular flexibility index (Phi) is 5.48. The zero-order valence-electron chi connectivity index (χ0n) is 11.7. The number of nitrogens with one attached hydrogen (secondary N) is 1. The number of ether oxygens (including phenoxy) is 1. The number of carbonyl (C=O) groups excluding carboxylic acids is 1. The van der Waals surface area contributed by atoms with Gasteiger partial charge in [-0.15, -0.1) is 0 Å². The van der Waals surface area contributed by atoms with Crippen LogP contribution >= 0.6 is 0 Å². The molecule has 15 heteroatoms. The SMILES string of the molecule is O=C(Nc1cccnc1)[C@@](F)(OC(F)(F)C(F)(F)C(F)(F)F)C(F)(F)F. The normalized spacial score (nSPS) is 16.1. The second kappa shape index (κ2) is 6.51. The Labute approximate surface area is 135 Å². The van der Waals surface area contributed by atoms with Crippen molar-refractivity contribution in [2.24, 2.45) is 0 Å². The van der Waals surface area contributed by atoms with Gasteiger partial charge in [-0.1, -0.05) is 0 Å². The van der Waals surface area contributed by atoms with E-state index in [4.69, 9.17) is 0 Å². The number of nitrogens with zero attached hydrogens (tertiary/aromatic N) is 1. The number of carbonyl (C=O) groups is 1. The highest BCUT2D eigenvalue weighted by Crippen LogP contribution is 2.51. The molecule has 0 saturated carbocycles. The quantitative estimate of drug-likeness (QED) is 0.751. The number of hydrogen-bond acceptors (Lipinski definition) is 3. The van der Waals surface area contributed by atoms with Gasteiger partial charge in [0.1, 0.15) is 0 Å². The number of aromatic nitrogens is 1. The minimum absolute atomic E-state index is 0.594. The van der Waals surface area contributed by atoms with Crippen LogP contribution in [-0.4, -0.2) is 41.1 Å². The van der Waals surface area contributed by atoms with Gasteiger partial charge in [-0.25, -0.2) is 0 Å². The van der Waals surface area contributed by atoms with Crippen molar-refractivity contribution in [2.75, 3.05) is 5.32 Å². The molecule has 0 radical (unpaired) electrons. The Morgan fingerprint density at radius 2 is 1.46 bits per heavy atom. The van der Waals surface area contributed by atoms with Crippen LogP contribution in [0, 0.1) is 0 Å². The first-order valence-corrected chi connectivity index (χ1v) is 5.95. The molecule has 1 rings (SSSR count). The highest BCUT2D eigenvalue weighted by molar-refractivity contribution is 5.96. The third-order valence-corrected chi connectivity index (χ3v) is 2.57. The van der Waals surface area contributed by atoms with Gasteiger partial charge in [0, 0.05) is 6.20 Å². The number of amides is 1. The Hall–Kier alpha value is -2.19. The minimum Gasteiger partial charge on any atom is -0.319 e. The predicted octanol–water partition coefficient (Wildman–Crippen LogP) is 4.06. The third kappa shape index (κ3) is 3.96. The molecule has 0 aromatic carbocycles. The predicted molar refractivity (Wildman–Crippen MR) is 59.8 cm³/mol. The molecule has 1 amide bonds. The monoisotopic (exact) mass is 406 g/mol. The molecule has 26 heavy (non-hydrogen) atoms. The maximum Gasteiger partial charge on any atom is 0.462 e. The van der Waals surface area contributed by atoms with Crippen molar-refractivity contribution >= 4 is 11.6 Å². The van der Waals surface area contributed by atoms with Gasteiger partial charge in [0.2, 0.25) is 0 Å². The number of pyridine rings is 1. The molecule has 0 unspecified atom stereocenters. The summed E-state index contributed by atoms with van der Waals surface area (Å²) in [6.45, 7) is 0. The molecule has 1 N–H and O–H groups in total. The molecule has 1 aromatic rings. The summed E-state index contributed by atoms with van der Waals surface area (Å²) in [6, 6.07) is 1.76. The van der Waals surface area contributed by atoms with Gasteiger partial charge >= 0.3 is 30.2 Å². The first-order chi connectivity index (χ1) is 11.5. The number of halogens is 11. The topological polar surface area (TPSA) is 51.2 Å². The lowest BCUT2D eigenvalue weighted by atomic mass is 10.2. The molecule has 1 aromatic heterocycles. The molecule has 0 spiro atoms. The largest absolute Gasteiger partial charge is 0.462 e. The van der Waals surface area contributed by atoms with Crippen molar-refractivity contribution < 1.29 is 57.8 Å². The highest BCUT2D eigenvalue weighted by Gasteiger charge is 2.79. The van der Waals surface area contributed by atoms with Gasteiger partial charge in [-0.2, -0.15) is 48.3 Å². The van der Waals surface area contributed by atoms with Crippen LogP contribution in [-0.2, 0) is 9.53 Å². The van der Waals surface area contributed by atoms with E-state index in [1.165, 1.54) is 0 Å². The van der Waals surface area contributed by atoms with Gasteiger partial charge in [0.25, 0.3) is 5.91 Å². The van der Waals surface area contributed by atoms with Crippen molar-refractivity contribution in [3.05, 3.63) is 24.5 Å². The lowest BCUT2D eigenvalue weighted by molar-refractivity contribution is -0.472. The molecule has 0 aliphatic carbocycles. The average molecular weight is 406 g/mol. The van der Waals surface area contributed by atoms with E-state index in [2.05, 4.69) is 9.72 Å². The summed E-state index contributed by atoms with van der Waals surface area (Å²) in [5.41, 5.74) is -0.724. The van der Waals surface area contributed by atoms with Gasteiger partial charge < -0.3 is 5.32 Å². The fraction of sp³-hybridized carbons (Fsp3) is 0.455. The van der Waals surface area contributed by atoms with Gasteiger partial charge in [0.05, 0.1) is 11.9 Å². The molecule has 0 bridgehead atoms. The van der Waals surface area contributed by atoms with E-state index in [0.29, 0.717) is 6.20 Å². The molecule has 0 aliphatic rings.